The first-order valence-corrected chi connectivity index (χ1v) is 11.9. The van der Waals surface area contributed by atoms with Crippen LogP contribution in [0, 0.1) is 11.3 Å². The molecule has 0 radical (unpaired) electrons. The Kier molecular flexibility index (Phi) is 5.44. The van der Waals surface area contributed by atoms with Crippen molar-refractivity contribution >= 4 is 22.6 Å². The third kappa shape index (κ3) is 3.72. The van der Waals surface area contributed by atoms with Gasteiger partial charge >= 0.3 is 0 Å². The zero-order chi connectivity index (χ0) is 23.8. The van der Waals surface area contributed by atoms with E-state index in [0.29, 0.717) is 62.8 Å². The molecule has 4 aromatic rings. The molecule has 1 saturated heterocycles. The number of benzene rings is 2. The highest BCUT2D eigenvalue weighted by Crippen LogP contribution is 2.35. The number of para-hydroxylation sites is 1. The van der Waals surface area contributed by atoms with Crippen molar-refractivity contribution < 1.29 is 9.53 Å². The minimum atomic E-state index is 0.0307. The average Bonchev–Trinajstić information content (AvgIpc) is 3.36. The van der Waals surface area contributed by atoms with Crippen LogP contribution in [0.3, 0.4) is 0 Å². The lowest BCUT2D eigenvalue weighted by Crippen LogP contribution is -2.49. The van der Waals surface area contributed by atoms with Crippen molar-refractivity contribution in [3.63, 3.8) is 0 Å². The number of ether oxygens (including phenoxy) is 1. The number of rotatable bonds is 3. The van der Waals surface area contributed by atoms with Gasteiger partial charge in [0.1, 0.15) is 11.9 Å². The van der Waals surface area contributed by atoms with Gasteiger partial charge in [0.2, 0.25) is 0 Å². The molecule has 7 nitrogen and oxygen atoms in total. The minimum Gasteiger partial charge on any atom is -0.376 e. The van der Waals surface area contributed by atoms with E-state index >= 15 is 0 Å². The maximum absolute atomic E-state index is 13.3. The fourth-order valence-corrected chi connectivity index (χ4v) is 5.16. The molecular weight excluding hydrogens is 438 g/mol. The highest BCUT2D eigenvalue weighted by Gasteiger charge is 2.29. The van der Waals surface area contributed by atoms with E-state index < -0.39 is 0 Å². The monoisotopic (exact) mass is 463 g/mol. The van der Waals surface area contributed by atoms with Gasteiger partial charge in [0.25, 0.3) is 5.91 Å². The molecule has 1 amide bonds. The zero-order valence-corrected chi connectivity index (χ0v) is 19.3. The van der Waals surface area contributed by atoms with Crippen LogP contribution in [-0.4, -0.2) is 53.6 Å². The highest BCUT2D eigenvalue weighted by molar-refractivity contribution is 6.06. The second-order valence-electron chi connectivity index (χ2n) is 8.92. The van der Waals surface area contributed by atoms with Crippen LogP contribution < -0.4 is 4.90 Å². The van der Waals surface area contributed by atoms with E-state index in [1.807, 2.05) is 59.5 Å². The lowest BCUT2D eigenvalue weighted by Gasteiger charge is -2.36. The van der Waals surface area contributed by atoms with Gasteiger partial charge in [0, 0.05) is 54.4 Å². The van der Waals surface area contributed by atoms with Crippen LogP contribution in [0.1, 0.15) is 27.0 Å². The predicted molar refractivity (Wildman–Crippen MR) is 134 cm³/mol. The molecule has 0 saturated carbocycles. The molecule has 0 spiro atoms. The van der Waals surface area contributed by atoms with Crippen molar-refractivity contribution in [3.05, 3.63) is 83.0 Å². The Labute approximate surface area is 203 Å². The summed E-state index contributed by atoms with van der Waals surface area (Å²) in [4.78, 5) is 25.5. The fraction of sp³-hybridized carbons (Fsp3) is 0.250. The molecule has 1 fully saturated rings. The maximum atomic E-state index is 13.3. The maximum Gasteiger partial charge on any atom is 0.256 e. The second kappa shape index (κ2) is 8.90. The number of H-pyrrole nitrogens is 1. The molecule has 2 aromatic carbocycles. The summed E-state index contributed by atoms with van der Waals surface area (Å²) in [6.07, 6.45) is 2.50. The van der Waals surface area contributed by atoms with E-state index in [4.69, 9.17) is 9.72 Å². The van der Waals surface area contributed by atoms with E-state index in [9.17, 15) is 10.1 Å². The largest absolute Gasteiger partial charge is 0.376 e. The van der Waals surface area contributed by atoms with Gasteiger partial charge in [-0.15, -0.1) is 0 Å². The number of pyridine rings is 1. The number of carbonyl (C=O) groups excluding carboxylic acids is 1. The predicted octanol–water partition coefficient (Wildman–Crippen LogP) is 4.14. The first kappa shape index (κ1) is 21.4. The van der Waals surface area contributed by atoms with Crippen LogP contribution in [0.15, 0.2) is 60.8 Å². The van der Waals surface area contributed by atoms with E-state index in [2.05, 4.69) is 16.0 Å². The van der Waals surface area contributed by atoms with Gasteiger partial charge in [-0.25, -0.2) is 4.98 Å². The summed E-state index contributed by atoms with van der Waals surface area (Å²) in [5, 5.41) is 11.0. The zero-order valence-electron chi connectivity index (χ0n) is 19.3. The number of aromatic amines is 1. The smallest absolute Gasteiger partial charge is 0.256 e. The van der Waals surface area contributed by atoms with Crippen LogP contribution in [0.5, 0.6) is 0 Å². The summed E-state index contributed by atoms with van der Waals surface area (Å²) in [5.41, 5.74) is 6.25. The Hall–Kier alpha value is -4.15. The molecule has 0 aliphatic carbocycles. The third-order valence-corrected chi connectivity index (χ3v) is 6.98. The molecular formula is C28H25N5O2. The molecule has 1 N–H and O–H groups in total. The van der Waals surface area contributed by atoms with Crippen molar-refractivity contribution in [3.8, 4) is 17.3 Å². The third-order valence-electron chi connectivity index (χ3n) is 6.98. The Bertz CT molecular complexity index is 1450. The highest BCUT2D eigenvalue weighted by atomic mass is 16.5. The molecule has 35 heavy (non-hydrogen) atoms. The van der Waals surface area contributed by atoms with Gasteiger partial charge in [-0.3, -0.25) is 4.79 Å². The molecule has 0 atom stereocenters. The molecule has 0 bridgehead atoms. The van der Waals surface area contributed by atoms with Crippen LogP contribution in [0.25, 0.3) is 22.2 Å². The molecule has 2 aliphatic rings. The van der Waals surface area contributed by atoms with Gasteiger partial charge in [0.05, 0.1) is 30.0 Å². The summed E-state index contributed by atoms with van der Waals surface area (Å²) < 4.78 is 5.74. The first-order chi connectivity index (χ1) is 17.2. The number of nitrogens with one attached hydrogen (secondary N) is 1. The van der Waals surface area contributed by atoms with Gasteiger partial charge in [-0.2, -0.15) is 5.26 Å². The molecule has 174 valence electrons. The fourth-order valence-electron chi connectivity index (χ4n) is 5.16. The summed E-state index contributed by atoms with van der Waals surface area (Å²) in [6.45, 7) is 3.47. The van der Waals surface area contributed by atoms with Gasteiger partial charge in [-0.05, 0) is 18.1 Å². The van der Waals surface area contributed by atoms with Crippen molar-refractivity contribution in [2.45, 2.75) is 13.0 Å². The van der Waals surface area contributed by atoms with E-state index in [1.165, 1.54) is 0 Å². The quantitative estimate of drug-likeness (QED) is 0.494. The number of piperazine rings is 1. The number of nitriles is 1. The van der Waals surface area contributed by atoms with Gasteiger partial charge in [0.15, 0.2) is 0 Å². The summed E-state index contributed by atoms with van der Waals surface area (Å²) in [6, 6.07) is 20.4. The summed E-state index contributed by atoms with van der Waals surface area (Å²) in [5.74, 6) is 0.745. The number of anilines is 1. The van der Waals surface area contributed by atoms with E-state index in [0.717, 1.165) is 33.3 Å². The van der Waals surface area contributed by atoms with Crippen LogP contribution in [0.4, 0.5) is 5.82 Å². The lowest BCUT2D eigenvalue weighted by molar-refractivity contribution is 0.0748. The SMILES string of the molecule is N#Cc1c(N2CCN(C(=O)c3c[nH]c4ccccc34)CC2)nc(-c2ccccc2)c2c1CCOC2. The topological polar surface area (TPSA) is 85.3 Å². The molecule has 2 aromatic heterocycles. The number of nitrogens with zero attached hydrogens (tertiary/aromatic N) is 4. The van der Waals surface area contributed by atoms with Crippen LogP contribution in [0.2, 0.25) is 0 Å². The van der Waals surface area contributed by atoms with Crippen molar-refractivity contribution in [1.29, 1.82) is 5.26 Å². The van der Waals surface area contributed by atoms with Gasteiger partial charge < -0.3 is 19.5 Å². The first-order valence-electron chi connectivity index (χ1n) is 11.9. The Morgan fingerprint density at radius 2 is 1.77 bits per heavy atom. The Balaban J connectivity index is 1.30. The molecule has 2 aliphatic heterocycles. The molecule has 6 rings (SSSR count). The molecule has 4 heterocycles. The number of fused-ring (bicyclic) bond motifs is 2. The van der Waals surface area contributed by atoms with Crippen LogP contribution in [-0.2, 0) is 17.8 Å². The molecule has 0 unspecified atom stereocenters. The second-order valence-corrected chi connectivity index (χ2v) is 8.92. The summed E-state index contributed by atoms with van der Waals surface area (Å²) >= 11 is 0. The summed E-state index contributed by atoms with van der Waals surface area (Å²) in [7, 11) is 0. The molecule has 7 heteroatoms. The average molecular weight is 464 g/mol. The normalized spacial score (nSPS) is 15.6. The van der Waals surface area contributed by atoms with Crippen molar-refractivity contribution in [2.24, 2.45) is 0 Å². The Morgan fingerprint density at radius 1 is 1.00 bits per heavy atom. The number of hydrogen-bond donors (Lipinski definition) is 1. The van der Waals surface area contributed by atoms with Crippen molar-refractivity contribution in [2.75, 3.05) is 37.7 Å². The van der Waals surface area contributed by atoms with E-state index in [1.54, 1.807) is 6.20 Å². The number of carbonyl (C=O) groups is 1. The van der Waals surface area contributed by atoms with Crippen LogP contribution >= 0.6 is 0 Å². The minimum absolute atomic E-state index is 0.0307. The van der Waals surface area contributed by atoms with Gasteiger partial charge in [-0.1, -0.05) is 48.5 Å². The van der Waals surface area contributed by atoms with E-state index in [-0.39, 0.29) is 5.91 Å². The Morgan fingerprint density at radius 3 is 2.57 bits per heavy atom. The standard InChI is InChI=1S/C28H25N5O2/c29-16-22-20-10-15-35-18-24(20)26(19-6-2-1-3-7-19)31-27(22)32-11-13-33(14-12-32)28(34)23-17-30-25-9-5-4-8-21(23)25/h1-9,17,30H,10-15,18H2. The lowest BCUT2D eigenvalue weighted by atomic mass is 9.93. The number of amides is 1. The number of hydrogen-bond acceptors (Lipinski definition) is 5. The van der Waals surface area contributed by atoms with Crippen molar-refractivity contribution in [1.82, 2.24) is 14.9 Å². The number of aromatic nitrogens is 2.